The number of amides is 1. The molecule has 3 heterocycles. The molecule has 1 atom stereocenters. The lowest BCUT2D eigenvalue weighted by Crippen LogP contribution is -2.34. The van der Waals surface area contributed by atoms with Gasteiger partial charge in [-0.1, -0.05) is 0 Å². The molecule has 1 saturated heterocycles. The standard InChI is InChI=1S/C15H14BrN3O3/c16-10-3-4-13(18-8-10)22-11-5-7-19(9-11)15(21)12-2-1-6-17-14(12)20/h1-4,6,8,11H,5,7,9H2,(H,17,20). The number of hydrogen-bond donors (Lipinski definition) is 1. The van der Waals surface area contributed by atoms with Gasteiger partial charge in [-0.3, -0.25) is 9.59 Å². The zero-order valence-corrected chi connectivity index (χ0v) is 13.2. The lowest BCUT2D eigenvalue weighted by atomic mass is 10.2. The van der Waals surface area contributed by atoms with E-state index in [2.05, 4.69) is 25.9 Å². The van der Waals surface area contributed by atoms with E-state index in [0.717, 1.165) is 4.47 Å². The van der Waals surface area contributed by atoms with E-state index in [1.807, 2.05) is 6.07 Å². The van der Waals surface area contributed by atoms with Gasteiger partial charge in [-0.2, -0.15) is 0 Å². The molecule has 7 heteroatoms. The Morgan fingerprint density at radius 2 is 2.27 bits per heavy atom. The number of hydrogen-bond acceptors (Lipinski definition) is 4. The highest BCUT2D eigenvalue weighted by atomic mass is 79.9. The van der Waals surface area contributed by atoms with Crippen LogP contribution in [-0.4, -0.2) is 40.0 Å². The molecule has 2 aromatic heterocycles. The van der Waals surface area contributed by atoms with Crippen LogP contribution in [0.25, 0.3) is 0 Å². The van der Waals surface area contributed by atoms with Gasteiger partial charge in [0, 0.05) is 35.9 Å². The first-order chi connectivity index (χ1) is 10.6. The molecular formula is C15H14BrN3O3. The number of aromatic amines is 1. The van der Waals surface area contributed by atoms with Gasteiger partial charge in [0.1, 0.15) is 11.7 Å². The predicted molar refractivity (Wildman–Crippen MR) is 83.9 cm³/mol. The number of carbonyl (C=O) groups excluding carboxylic acids is 1. The van der Waals surface area contributed by atoms with E-state index in [1.165, 1.54) is 12.3 Å². The Balaban J connectivity index is 1.65. The van der Waals surface area contributed by atoms with Crippen molar-refractivity contribution in [3.05, 3.63) is 57.0 Å². The van der Waals surface area contributed by atoms with Crippen molar-refractivity contribution in [3.63, 3.8) is 0 Å². The number of pyridine rings is 2. The SMILES string of the molecule is O=C(c1ccc[nH]c1=O)N1CCC(Oc2ccc(Br)cn2)C1. The quantitative estimate of drug-likeness (QED) is 0.902. The van der Waals surface area contributed by atoms with E-state index in [1.54, 1.807) is 23.2 Å². The number of rotatable bonds is 3. The fourth-order valence-corrected chi connectivity index (χ4v) is 2.61. The molecule has 0 aliphatic carbocycles. The third-order valence-electron chi connectivity index (χ3n) is 3.47. The van der Waals surface area contributed by atoms with Crippen LogP contribution >= 0.6 is 15.9 Å². The van der Waals surface area contributed by atoms with Crippen molar-refractivity contribution in [2.75, 3.05) is 13.1 Å². The van der Waals surface area contributed by atoms with Gasteiger partial charge in [0.25, 0.3) is 11.5 Å². The molecule has 0 bridgehead atoms. The molecule has 6 nitrogen and oxygen atoms in total. The third kappa shape index (κ3) is 3.19. The van der Waals surface area contributed by atoms with Crippen LogP contribution in [0.3, 0.4) is 0 Å². The minimum atomic E-state index is -0.369. The molecule has 1 amide bonds. The van der Waals surface area contributed by atoms with Crippen LogP contribution in [0.5, 0.6) is 5.88 Å². The number of nitrogens with one attached hydrogen (secondary N) is 1. The fourth-order valence-electron chi connectivity index (χ4n) is 2.37. The van der Waals surface area contributed by atoms with Gasteiger partial charge in [0.15, 0.2) is 0 Å². The summed E-state index contributed by atoms with van der Waals surface area (Å²) in [5, 5.41) is 0. The second-order valence-corrected chi connectivity index (χ2v) is 5.92. The van der Waals surface area contributed by atoms with Crippen molar-refractivity contribution in [2.45, 2.75) is 12.5 Å². The van der Waals surface area contributed by atoms with Crippen LogP contribution in [0.2, 0.25) is 0 Å². The van der Waals surface area contributed by atoms with Gasteiger partial charge < -0.3 is 14.6 Å². The third-order valence-corrected chi connectivity index (χ3v) is 3.94. The summed E-state index contributed by atoms with van der Waals surface area (Å²) in [4.78, 5) is 32.3. The molecule has 0 spiro atoms. The molecule has 1 aliphatic heterocycles. The van der Waals surface area contributed by atoms with Crippen molar-refractivity contribution in [1.82, 2.24) is 14.9 Å². The lowest BCUT2D eigenvalue weighted by molar-refractivity contribution is 0.0769. The average molecular weight is 364 g/mol. The monoisotopic (exact) mass is 363 g/mol. The second-order valence-electron chi connectivity index (χ2n) is 5.01. The molecule has 1 N–H and O–H groups in total. The molecule has 0 aromatic carbocycles. The Morgan fingerprint density at radius 1 is 1.41 bits per heavy atom. The first-order valence-electron chi connectivity index (χ1n) is 6.88. The first-order valence-corrected chi connectivity index (χ1v) is 7.68. The van der Waals surface area contributed by atoms with Crippen molar-refractivity contribution < 1.29 is 9.53 Å². The van der Waals surface area contributed by atoms with Crippen LogP contribution in [0, 0.1) is 0 Å². The van der Waals surface area contributed by atoms with Crippen molar-refractivity contribution in [2.24, 2.45) is 0 Å². The van der Waals surface area contributed by atoms with Crippen molar-refractivity contribution in [3.8, 4) is 5.88 Å². The van der Waals surface area contributed by atoms with Gasteiger partial charge >= 0.3 is 0 Å². The lowest BCUT2D eigenvalue weighted by Gasteiger charge is -2.16. The number of carbonyl (C=O) groups is 1. The first kappa shape index (κ1) is 14.8. The van der Waals surface area contributed by atoms with E-state index in [0.29, 0.717) is 25.4 Å². The maximum absolute atomic E-state index is 12.3. The van der Waals surface area contributed by atoms with Crippen molar-refractivity contribution in [1.29, 1.82) is 0 Å². The highest BCUT2D eigenvalue weighted by molar-refractivity contribution is 9.10. The molecule has 0 saturated carbocycles. The highest BCUT2D eigenvalue weighted by Crippen LogP contribution is 2.19. The summed E-state index contributed by atoms with van der Waals surface area (Å²) in [5.41, 5.74) is -0.212. The Kier molecular flexibility index (Phi) is 4.24. The Bertz CT molecular complexity index is 729. The second kappa shape index (κ2) is 6.31. The molecule has 1 aliphatic rings. The summed E-state index contributed by atoms with van der Waals surface area (Å²) in [5.74, 6) is 0.261. The van der Waals surface area contributed by atoms with E-state index >= 15 is 0 Å². The summed E-state index contributed by atoms with van der Waals surface area (Å²) in [6, 6.07) is 6.80. The molecule has 114 valence electrons. The zero-order chi connectivity index (χ0) is 15.5. The maximum atomic E-state index is 12.3. The molecule has 1 unspecified atom stereocenters. The number of halogens is 1. The summed E-state index contributed by atoms with van der Waals surface area (Å²) >= 11 is 3.32. The zero-order valence-electron chi connectivity index (χ0n) is 11.7. The minimum absolute atomic E-state index is 0.111. The van der Waals surface area contributed by atoms with Crippen LogP contribution in [0.15, 0.2) is 45.9 Å². The topological polar surface area (TPSA) is 75.3 Å². The van der Waals surface area contributed by atoms with E-state index in [4.69, 9.17) is 4.74 Å². The molecule has 0 radical (unpaired) electrons. The number of aromatic nitrogens is 2. The summed E-state index contributed by atoms with van der Waals surface area (Å²) < 4.78 is 6.65. The van der Waals surface area contributed by atoms with E-state index < -0.39 is 0 Å². The summed E-state index contributed by atoms with van der Waals surface area (Å²) in [6.45, 7) is 1.01. The Hall–Kier alpha value is -2.15. The Morgan fingerprint density at radius 3 is 3.00 bits per heavy atom. The smallest absolute Gasteiger partial charge is 0.260 e. The van der Waals surface area contributed by atoms with Gasteiger partial charge in [0.2, 0.25) is 5.88 Å². The van der Waals surface area contributed by atoms with Gasteiger partial charge in [-0.05, 0) is 34.1 Å². The highest BCUT2D eigenvalue weighted by Gasteiger charge is 2.29. The van der Waals surface area contributed by atoms with Gasteiger partial charge in [-0.25, -0.2) is 4.98 Å². The predicted octanol–water partition coefficient (Wildman–Crippen LogP) is 1.83. The minimum Gasteiger partial charge on any atom is -0.472 e. The number of likely N-dealkylation sites (tertiary alicyclic amines) is 1. The van der Waals surface area contributed by atoms with E-state index in [9.17, 15) is 9.59 Å². The molecule has 22 heavy (non-hydrogen) atoms. The van der Waals surface area contributed by atoms with Crippen LogP contribution < -0.4 is 10.3 Å². The average Bonchev–Trinajstić information content (AvgIpc) is 2.98. The molecule has 1 fully saturated rings. The number of H-pyrrole nitrogens is 1. The van der Waals surface area contributed by atoms with Crippen LogP contribution in [-0.2, 0) is 0 Å². The summed E-state index contributed by atoms with van der Waals surface area (Å²) in [6.07, 6.45) is 3.78. The molecule has 3 rings (SSSR count). The van der Waals surface area contributed by atoms with Crippen LogP contribution in [0.1, 0.15) is 16.8 Å². The van der Waals surface area contributed by atoms with E-state index in [-0.39, 0.29) is 23.1 Å². The summed E-state index contributed by atoms with van der Waals surface area (Å²) in [7, 11) is 0. The van der Waals surface area contributed by atoms with Crippen LogP contribution in [0.4, 0.5) is 0 Å². The maximum Gasteiger partial charge on any atom is 0.260 e. The van der Waals surface area contributed by atoms with Crippen molar-refractivity contribution >= 4 is 21.8 Å². The number of nitrogens with zero attached hydrogens (tertiary/aromatic N) is 2. The fraction of sp³-hybridized carbons (Fsp3) is 0.267. The Labute approximate surface area is 135 Å². The number of ether oxygens (including phenoxy) is 1. The normalized spacial score (nSPS) is 17.5. The van der Waals surface area contributed by atoms with Gasteiger partial charge in [0.05, 0.1) is 6.54 Å². The molecule has 2 aromatic rings. The molecular weight excluding hydrogens is 350 g/mol. The largest absolute Gasteiger partial charge is 0.472 e. The van der Waals surface area contributed by atoms with Gasteiger partial charge in [-0.15, -0.1) is 0 Å².